The van der Waals surface area contributed by atoms with Crippen LogP contribution in [0.2, 0.25) is 0 Å². The van der Waals surface area contributed by atoms with Gasteiger partial charge in [-0.05, 0) is 36.4 Å². The lowest BCUT2D eigenvalue weighted by Crippen LogP contribution is -2.47. The van der Waals surface area contributed by atoms with Gasteiger partial charge < -0.3 is 14.5 Å². The summed E-state index contributed by atoms with van der Waals surface area (Å²) < 4.78 is 5.65. The summed E-state index contributed by atoms with van der Waals surface area (Å²) >= 11 is 1.42. The molecule has 2 aromatic rings. The van der Waals surface area contributed by atoms with Crippen LogP contribution < -0.4 is 4.74 Å². The van der Waals surface area contributed by atoms with Gasteiger partial charge in [0.25, 0.3) is 5.91 Å². The summed E-state index contributed by atoms with van der Waals surface area (Å²) in [6.07, 6.45) is 1.59. The molecule has 6 heteroatoms. The number of para-hydroxylation sites is 1. The molecule has 0 saturated carbocycles. The smallest absolute Gasteiger partial charge is 0.264 e. The summed E-state index contributed by atoms with van der Waals surface area (Å²) in [4.78, 5) is 29.4. The first-order chi connectivity index (χ1) is 12.2. The van der Waals surface area contributed by atoms with Gasteiger partial charge in [-0.3, -0.25) is 9.59 Å². The van der Waals surface area contributed by atoms with Crippen molar-refractivity contribution in [2.75, 3.05) is 26.7 Å². The van der Waals surface area contributed by atoms with Crippen LogP contribution >= 0.6 is 11.3 Å². The molecule has 1 saturated heterocycles. The zero-order chi connectivity index (χ0) is 17.6. The van der Waals surface area contributed by atoms with E-state index in [1.54, 1.807) is 16.8 Å². The molecule has 1 atom stereocenters. The zero-order valence-electron chi connectivity index (χ0n) is 14.3. The normalized spacial score (nSPS) is 16.7. The van der Waals surface area contributed by atoms with Crippen molar-refractivity contribution in [1.82, 2.24) is 9.80 Å². The number of nitrogens with zero attached hydrogens (tertiary/aromatic N) is 2. The van der Waals surface area contributed by atoms with E-state index in [-0.39, 0.29) is 17.9 Å². The number of amides is 2. The Morgan fingerprint density at radius 3 is 2.76 bits per heavy atom. The fourth-order valence-corrected chi connectivity index (χ4v) is 3.67. The lowest BCUT2D eigenvalue weighted by Gasteiger charge is -2.27. The molecule has 2 heterocycles. The van der Waals surface area contributed by atoms with Crippen LogP contribution in [0.3, 0.4) is 0 Å². The second-order valence-electron chi connectivity index (χ2n) is 6.06. The Morgan fingerprint density at radius 1 is 1.24 bits per heavy atom. The molecule has 1 unspecified atom stereocenters. The van der Waals surface area contributed by atoms with Crippen molar-refractivity contribution in [1.29, 1.82) is 0 Å². The lowest BCUT2D eigenvalue weighted by atomic mass is 10.2. The van der Waals surface area contributed by atoms with Crippen molar-refractivity contribution in [3.05, 3.63) is 52.7 Å². The highest BCUT2D eigenvalue weighted by molar-refractivity contribution is 7.12. The molecular formula is C19H22N2O3S. The Morgan fingerprint density at radius 2 is 2.04 bits per heavy atom. The van der Waals surface area contributed by atoms with Crippen molar-refractivity contribution < 1.29 is 14.3 Å². The number of likely N-dealkylation sites (tertiary alicyclic amines) is 1. The molecule has 0 spiro atoms. The van der Waals surface area contributed by atoms with E-state index in [0.717, 1.165) is 18.6 Å². The minimum Gasteiger partial charge on any atom is -0.492 e. The highest BCUT2D eigenvalue weighted by Crippen LogP contribution is 2.23. The Balaban J connectivity index is 1.54. The monoisotopic (exact) mass is 358 g/mol. The van der Waals surface area contributed by atoms with Gasteiger partial charge in [-0.15, -0.1) is 11.3 Å². The van der Waals surface area contributed by atoms with E-state index in [2.05, 4.69) is 0 Å². The topological polar surface area (TPSA) is 49.9 Å². The molecule has 0 radical (unpaired) electrons. The van der Waals surface area contributed by atoms with Crippen LogP contribution in [0.4, 0.5) is 0 Å². The van der Waals surface area contributed by atoms with Gasteiger partial charge in [-0.25, -0.2) is 0 Å². The van der Waals surface area contributed by atoms with Crippen molar-refractivity contribution in [3.8, 4) is 5.75 Å². The third-order valence-electron chi connectivity index (χ3n) is 4.35. The van der Waals surface area contributed by atoms with Crippen molar-refractivity contribution in [3.63, 3.8) is 0 Å². The van der Waals surface area contributed by atoms with E-state index in [0.29, 0.717) is 24.6 Å². The SMILES string of the molecule is CN(CCOc1ccccc1)C(=O)C1CCCN1C(=O)c1cccs1. The summed E-state index contributed by atoms with van der Waals surface area (Å²) in [5, 5.41) is 1.88. The van der Waals surface area contributed by atoms with Gasteiger partial charge in [0.1, 0.15) is 18.4 Å². The third kappa shape index (κ3) is 4.20. The Labute approximate surface area is 151 Å². The molecule has 1 aromatic heterocycles. The van der Waals surface area contributed by atoms with Crippen molar-refractivity contribution in [2.45, 2.75) is 18.9 Å². The largest absolute Gasteiger partial charge is 0.492 e. The van der Waals surface area contributed by atoms with E-state index in [1.807, 2.05) is 47.8 Å². The number of carbonyl (C=O) groups is 2. The minimum atomic E-state index is -0.365. The van der Waals surface area contributed by atoms with E-state index in [9.17, 15) is 9.59 Å². The average molecular weight is 358 g/mol. The van der Waals surface area contributed by atoms with E-state index in [4.69, 9.17) is 4.74 Å². The highest BCUT2D eigenvalue weighted by Gasteiger charge is 2.36. The lowest BCUT2D eigenvalue weighted by molar-refractivity contribution is -0.134. The van der Waals surface area contributed by atoms with Crippen molar-refractivity contribution in [2.24, 2.45) is 0 Å². The van der Waals surface area contributed by atoms with Gasteiger partial charge >= 0.3 is 0 Å². The standard InChI is InChI=1S/C19H22N2O3S/c1-20(12-13-24-15-7-3-2-4-8-15)18(22)16-9-5-11-21(16)19(23)17-10-6-14-25-17/h2-4,6-8,10,14,16H,5,9,11-13H2,1H3. The van der Waals surface area contributed by atoms with Crippen LogP contribution in [0.25, 0.3) is 0 Å². The zero-order valence-corrected chi connectivity index (χ0v) is 15.1. The number of thiophene rings is 1. The maximum Gasteiger partial charge on any atom is 0.264 e. The van der Waals surface area contributed by atoms with Gasteiger partial charge in [0, 0.05) is 13.6 Å². The number of carbonyl (C=O) groups excluding carboxylic acids is 2. The minimum absolute atomic E-state index is 0.0148. The molecule has 1 aliphatic rings. The Hall–Kier alpha value is -2.34. The summed E-state index contributed by atoms with van der Waals surface area (Å²) in [5.41, 5.74) is 0. The van der Waals surface area contributed by atoms with Crippen LogP contribution in [0, 0.1) is 0 Å². The van der Waals surface area contributed by atoms with Gasteiger partial charge in [0.15, 0.2) is 0 Å². The fourth-order valence-electron chi connectivity index (χ4n) is 2.99. The molecule has 1 aromatic carbocycles. The maximum atomic E-state index is 12.8. The van der Waals surface area contributed by atoms with Crippen LogP contribution in [-0.4, -0.2) is 54.4 Å². The molecule has 25 heavy (non-hydrogen) atoms. The second kappa shape index (κ2) is 8.16. The first-order valence-corrected chi connectivity index (χ1v) is 9.32. The summed E-state index contributed by atoms with van der Waals surface area (Å²) in [5.74, 6) is 0.734. The van der Waals surface area contributed by atoms with Gasteiger partial charge in [-0.1, -0.05) is 24.3 Å². The molecule has 1 fully saturated rings. The maximum absolute atomic E-state index is 12.8. The molecular weight excluding hydrogens is 336 g/mol. The summed E-state index contributed by atoms with van der Waals surface area (Å²) in [6, 6.07) is 12.8. The number of benzene rings is 1. The number of hydrogen-bond acceptors (Lipinski definition) is 4. The molecule has 0 aliphatic carbocycles. The summed E-state index contributed by atoms with van der Waals surface area (Å²) in [7, 11) is 1.77. The Kier molecular flexibility index (Phi) is 5.71. The molecule has 0 bridgehead atoms. The number of likely N-dealkylation sites (N-methyl/N-ethyl adjacent to an activating group) is 1. The first kappa shape index (κ1) is 17.5. The highest BCUT2D eigenvalue weighted by atomic mass is 32.1. The fraction of sp³-hybridized carbons (Fsp3) is 0.368. The molecule has 3 rings (SSSR count). The van der Waals surface area contributed by atoms with Gasteiger partial charge in [0.2, 0.25) is 5.91 Å². The van der Waals surface area contributed by atoms with Crippen LogP contribution in [0.1, 0.15) is 22.5 Å². The number of rotatable bonds is 6. The predicted octanol–water partition coefficient (Wildman–Crippen LogP) is 2.89. The average Bonchev–Trinajstić information content (AvgIpc) is 3.33. The third-order valence-corrected chi connectivity index (χ3v) is 5.20. The van der Waals surface area contributed by atoms with Crippen molar-refractivity contribution >= 4 is 23.2 Å². The van der Waals surface area contributed by atoms with Gasteiger partial charge in [0.05, 0.1) is 11.4 Å². The van der Waals surface area contributed by atoms with E-state index < -0.39 is 0 Å². The van der Waals surface area contributed by atoms with Crippen LogP contribution in [0.5, 0.6) is 5.75 Å². The number of hydrogen-bond donors (Lipinski definition) is 0. The molecule has 1 aliphatic heterocycles. The molecule has 2 amide bonds. The number of ether oxygens (including phenoxy) is 1. The quantitative estimate of drug-likeness (QED) is 0.798. The molecule has 5 nitrogen and oxygen atoms in total. The predicted molar refractivity (Wildman–Crippen MR) is 98.0 cm³/mol. The first-order valence-electron chi connectivity index (χ1n) is 8.44. The van der Waals surface area contributed by atoms with Crippen LogP contribution in [-0.2, 0) is 4.79 Å². The molecule has 0 N–H and O–H groups in total. The van der Waals surface area contributed by atoms with E-state index in [1.165, 1.54) is 11.3 Å². The van der Waals surface area contributed by atoms with E-state index >= 15 is 0 Å². The second-order valence-corrected chi connectivity index (χ2v) is 7.00. The molecule has 132 valence electrons. The Bertz CT molecular complexity index is 703. The van der Waals surface area contributed by atoms with Crippen LogP contribution in [0.15, 0.2) is 47.8 Å². The summed E-state index contributed by atoms with van der Waals surface area (Å²) in [6.45, 7) is 1.56. The van der Waals surface area contributed by atoms with Gasteiger partial charge in [-0.2, -0.15) is 0 Å².